The molecule has 0 spiro atoms. The molecule has 1 fully saturated rings. The third-order valence-electron chi connectivity index (χ3n) is 3.13. The van der Waals surface area contributed by atoms with Crippen LogP contribution in [0.3, 0.4) is 0 Å². The van der Waals surface area contributed by atoms with Crippen LogP contribution in [0.25, 0.3) is 0 Å². The number of amides is 3. The number of hydrogen-bond donors (Lipinski definition) is 2. The van der Waals surface area contributed by atoms with Crippen molar-refractivity contribution in [3.8, 4) is 0 Å². The van der Waals surface area contributed by atoms with Gasteiger partial charge in [-0.05, 0) is 25.9 Å². The molecule has 0 radical (unpaired) electrons. The fourth-order valence-electron chi connectivity index (χ4n) is 2.05. The van der Waals surface area contributed by atoms with Crippen molar-refractivity contribution in [2.45, 2.75) is 12.8 Å². The van der Waals surface area contributed by atoms with Crippen LogP contribution >= 0.6 is 0 Å². The maximum atomic E-state index is 11.9. The molecular weight excluding hydrogens is 258 g/mol. The molecule has 20 heavy (non-hydrogen) atoms. The molecule has 0 atom stereocenters. The SMILES string of the molecule is C=CCN(CC=C)C(=O)C(=O)NC(=O)C1CCNCC1. The molecule has 1 aliphatic rings. The van der Waals surface area contributed by atoms with Crippen LogP contribution in [-0.4, -0.2) is 48.8 Å². The summed E-state index contributed by atoms with van der Waals surface area (Å²) in [6, 6.07) is 0. The van der Waals surface area contributed by atoms with E-state index >= 15 is 0 Å². The minimum absolute atomic E-state index is 0.208. The van der Waals surface area contributed by atoms with Gasteiger partial charge in [0, 0.05) is 19.0 Å². The highest BCUT2D eigenvalue weighted by molar-refractivity contribution is 6.37. The summed E-state index contributed by atoms with van der Waals surface area (Å²) in [4.78, 5) is 36.8. The molecule has 0 unspecified atom stereocenters. The Hall–Kier alpha value is -1.95. The van der Waals surface area contributed by atoms with Crippen molar-refractivity contribution in [1.82, 2.24) is 15.5 Å². The summed E-state index contributed by atoms with van der Waals surface area (Å²) >= 11 is 0. The highest BCUT2D eigenvalue weighted by atomic mass is 16.2. The maximum Gasteiger partial charge on any atom is 0.316 e. The molecule has 0 aliphatic carbocycles. The van der Waals surface area contributed by atoms with E-state index in [0.717, 1.165) is 13.1 Å². The standard InChI is InChI=1S/C14H21N3O3/c1-3-9-17(10-4-2)14(20)13(19)16-12(18)11-5-7-15-8-6-11/h3-4,11,15H,1-2,5-10H2,(H,16,18,19). The maximum absolute atomic E-state index is 11.9. The number of hydrogen-bond acceptors (Lipinski definition) is 4. The van der Waals surface area contributed by atoms with E-state index in [2.05, 4.69) is 23.8 Å². The van der Waals surface area contributed by atoms with Gasteiger partial charge in [-0.15, -0.1) is 13.2 Å². The Morgan fingerprint density at radius 3 is 2.20 bits per heavy atom. The first-order valence-electron chi connectivity index (χ1n) is 6.66. The zero-order valence-electron chi connectivity index (χ0n) is 11.6. The summed E-state index contributed by atoms with van der Waals surface area (Å²) in [5.74, 6) is -2.22. The summed E-state index contributed by atoms with van der Waals surface area (Å²) < 4.78 is 0. The predicted molar refractivity (Wildman–Crippen MR) is 75.7 cm³/mol. The van der Waals surface area contributed by atoms with Crippen LogP contribution in [0, 0.1) is 5.92 Å². The zero-order valence-corrected chi connectivity index (χ0v) is 11.6. The Kier molecular flexibility index (Phi) is 6.66. The molecule has 1 heterocycles. The molecular formula is C14H21N3O3. The molecule has 0 saturated carbocycles. The fraction of sp³-hybridized carbons (Fsp3) is 0.500. The molecule has 2 N–H and O–H groups in total. The molecule has 1 aliphatic heterocycles. The van der Waals surface area contributed by atoms with Gasteiger partial charge in [0.05, 0.1) is 0 Å². The molecule has 0 bridgehead atoms. The second-order valence-corrected chi connectivity index (χ2v) is 4.63. The Balaban J connectivity index is 2.54. The molecule has 0 aromatic rings. The zero-order chi connectivity index (χ0) is 15.0. The average Bonchev–Trinajstić information content (AvgIpc) is 2.47. The lowest BCUT2D eigenvalue weighted by Gasteiger charge is -2.22. The predicted octanol–water partition coefficient (Wildman–Crippen LogP) is -0.171. The Bertz CT molecular complexity index is 390. The average molecular weight is 279 g/mol. The molecule has 1 saturated heterocycles. The number of nitrogens with zero attached hydrogens (tertiary/aromatic N) is 1. The van der Waals surface area contributed by atoms with Crippen LogP contribution in [0.2, 0.25) is 0 Å². The van der Waals surface area contributed by atoms with Crippen molar-refractivity contribution >= 4 is 17.7 Å². The Morgan fingerprint density at radius 2 is 1.70 bits per heavy atom. The van der Waals surface area contributed by atoms with Crippen LogP contribution in [0.15, 0.2) is 25.3 Å². The minimum Gasteiger partial charge on any atom is -0.327 e. The highest BCUT2D eigenvalue weighted by Gasteiger charge is 2.26. The third-order valence-corrected chi connectivity index (χ3v) is 3.13. The van der Waals surface area contributed by atoms with Gasteiger partial charge in [-0.2, -0.15) is 0 Å². The van der Waals surface area contributed by atoms with E-state index in [-0.39, 0.29) is 24.9 Å². The van der Waals surface area contributed by atoms with E-state index in [4.69, 9.17) is 0 Å². The monoisotopic (exact) mass is 279 g/mol. The number of imide groups is 1. The van der Waals surface area contributed by atoms with Crippen molar-refractivity contribution in [1.29, 1.82) is 0 Å². The van der Waals surface area contributed by atoms with Crippen LogP contribution in [0.5, 0.6) is 0 Å². The van der Waals surface area contributed by atoms with Crippen LogP contribution < -0.4 is 10.6 Å². The highest BCUT2D eigenvalue weighted by Crippen LogP contribution is 2.11. The molecule has 110 valence electrons. The van der Waals surface area contributed by atoms with Gasteiger partial charge < -0.3 is 10.2 Å². The summed E-state index contributed by atoms with van der Waals surface area (Å²) in [6.45, 7) is 9.02. The lowest BCUT2D eigenvalue weighted by molar-refractivity contribution is -0.148. The van der Waals surface area contributed by atoms with E-state index in [1.807, 2.05) is 0 Å². The molecule has 3 amide bonds. The van der Waals surface area contributed by atoms with Crippen LogP contribution in [0.1, 0.15) is 12.8 Å². The summed E-state index contributed by atoms with van der Waals surface area (Å²) in [5, 5.41) is 5.32. The largest absolute Gasteiger partial charge is 0.327 e. The first-order chi connectivity index (χ1) is 9.60. The fourth-order valence-corrected chi connectivity index (χ4v) is 2.05. The van der Waals surface area contributed by atoms with Gasteiger partial charge >= 0.3 is 11.8 Å². The number of carbonyl (C=O) groups is 3. The normalized spacial score (nSPS) is 15.2. The molecule has 1 rings (SSSR count). The topological polar surface area (TPSA) is 78.5 Å². The van der Waals surface area contributed by atoms with E-state index in [9.17, 15) is 14.4 Å². The lowest BCUT2D eigenvalue weighted by Crippen LogP contribution is -2.48. The van der Waals surface area contributed by atoms with Crippen LogP contribution in [-0.2, 0) is 14.4 Å². The quantitative estimate of drug-likeness (QED) is 0.541. The van der Waals surface area contributed by atoms with E-state index < -0.39 is 11.8 Å². The summed E-state index contributed by atoms with van der Waals surface area (Å²) in [6.07, 6.45) is 4.39. The second-order valence-electron chi connectivity index (χ2n) is 4.63. The van der Waals surface area contributed by atoms with Gasteiger partial charge in [0.1, 0.15) is 0 Å². The number of nitrogens with one attached hydrogen (secondary N) is 2. The van der Waals surface area contributed by atoms with Gasteiger partial charge in [-0.3, -0.25) is 19.7 Å². The van der Waals surface area contributed by atoms with Crippen molar-refractivity contribution < 1.29 is 14.4 Å². The lowest BCUT2D eigenvalue weighted by atomic mass is 9.97. The minimum atomic E-state index is -0.891. The van der Waals surface area contributed by atoms with Crippen LogP contribution in [0.4, 0.5) is 0 Å². The van der Waals surface area contributed by atoms with Crippen molar-refractivity contribution in [3.05, 3.63) is 25.3 Å². The summed E-state index contributed by atoms with van der Waals surface area (Å²) in [7, 11) is 0. The number of carbonyl (C=O) groups excluding carboxylic acids is 3. The number of rotatable bonds is 5. The van der Waals surface area contributed by atoms with Gasteiger partial charge in [-0.1, -0.05) is 12.2 Å². The molecule has 6 heteroatoms. The Morgan fingerprint density at radius 1 is 1.15 bits per heavy atom. The van der Waals surface area contributed by atoms with Crippen molar-refractivity contribution in [2.24, 2.45) is 5.92 Å². The van der Waals surface area contributed by atoms with Gasteiger partial charge in [0.2, 0.25) is 5.91 Å². The summed E-state index contributed by atoms with van der Waals surface area (Å²) in [5.41, 5.74) is 0. The van der Waals surface area contributed by atoms with Gasteiger partial charge in [-0.25, -0.2) is 0 Å². The van der Waals surface area contributed by atoms with Gasteiger partial charge in [0.25, 0.3) is 0 Å². The van der Waals surface area contributed by atoms with Crippen molar-refractivity contribution in [2.75, 3.05) is 26.2 Å². The third kappa shape index (κ3) is 4.62. The first kappa shape index (κ1) is 16.1. The molecule has 0 aromatic heterocycles. The van der Waals surface area contributed by atoms with E-state index in [0.29, 0.717) is 12.8 Å². The number of piperidine rings is 1. The van der Waals surface area contributed by atoms with Gasteiger partial charge in [0.15, 0.2) is 0 Å². The van der Waals surface area contributed by atoms with E-state index in [1.165, 1.54) is 17.1 Å². The Labute approximate surface area is 118 Å². The molecule has 6 nitrogen and oxygen atoms in total. The second kappa shape index (κ2) is 8.27. The van der Waals surface area contributed by atoms with E-state index in [1.54, 1.807) is 0 Å². The molecule has 0 aromatic carbocycles. The van der Waals surface area contributed by atoms with Crippen molar-refractivity contribution in [3.63, 3.8) is 0 Å². The first-order valence-corrected chi connectivity index (χ1v) is 6.66. The smallest absolute Gasteiger partial charge is 0.316 e.